The second kappa shape index (κ2) is 8.41. The fourth-order valence-electron chi connectivity index (χ4n) is 3.54. The number of nitrogens with zero attached hydrogens (tertiary/aromatic N) is 1. The summed E-state index contributed by atoms with van der Waals surface area (Å²) < 4.78 is 6.05. The molecular weight excluding hydrogens is 370 g/mol. The van der Waals surface area contributed by atoms with Crippen LogP contribution in [0.3, 0.4) is 0 Å². The summed E-state index contributed by atoms with van der Waals surface area (Å²) in [4.78, 5) is 0. The third kappa shape index (κ3) is 3.79. The Balaban J connectivity index is 1.89. The largest absolute Gasteiger partial charge is 0.456 e. The van der Waals surface area contributed by atoms with E-state index in [1.807, 2.05) is 67.0 Å². The first-order valence-electron chi connectivity index (χ1n) is 9.84. The average molecular weight is 396 g/mol. The standard InChI is InChI=1S/C26H25N3O/c1-18-7-4-5-13-29(28-3)14-12-21(15-19(18)2)20-10-11-24-23(16-20)26-22(17-27)8-6-9-25(26)30-24/h4-16,28H,1-2,17,27H2,3H3/b7-4-,13-5-,14-12-,21-15+. The predicted molar refractivity (Wildman–Crippen MR) is 126 cm³/mol. The number of furan rings is 1. The summed E-state index contributed by atoms with van der Waals surface area (Å²) in [5.74, 6) is 0. The molecule has 1 aliphatic rings. The maximum Gasteiger partial charge on any atom is 0.135 e. The minimum Gasteiger partial charge on any atom is -0.456 e. The first-order chi connectivity index (χ1) is 14.6. The molecule has 4 nitrogen and oxygen atoms in total. The van der Waals surface area contributed by atoms with Gasteiger partial charge in [0.05, 0.1) is 0 Å². The van der Waals surface area contributed by atoms with Gasteiger partial charge in [0.15, 0.2) is 0 Å². The molecule has 0 saturated carbocycles. The van der Waals surface area contributed by atoms with Gasteiger partial charge in [0.1, 0.15) is 11.2 Å². The molecular formula is C26H25N3O. The van der Waals surface area contributed by atoms with E-state index in [1.54, 1.807) is 0 Å². The lowest BCUT2D eigenvalue weighted by Gasteiger charge is -2.13. The number of allylic oxidation sites excluding steroid dienone is 8. The number of rotatable bonds is 3. The predicted octanol–water partition coefficient (Wildman–Crippen LogP) is 5.57. The van der Waals surface area contributed by atoms with Crippen LogP contribution in [0.1, 0.15) is 11.1 Å². The van der Waals surface area contributed by atoms with Crippen LogP contribution in [0.2, 0.25) is 0 Å². The topological polar surface area (TPSA) is 54.4 Å². The molecule has 30 heavy (non-hydrogen) atoms. The van der Waals surface area contributed by atoms with Gasteiger partial charge in [-0.15, -0.1) is 0 Å². The van der Waals surface area contributed by atoms with Crippen LogP contribution in [0, 0.1) is 0 Å². The van der Waals surface area contributed by atoms with Crippen LogP contribution < -0.4 is 11.2 Å². The molecule has 0 spiro atoms. The highest BCUT2D eigenvalue weighted by molar-refractivity contribution is 6.07. The number of hydrogen-bond donors (Lipinski definition) is 2. The highest BCUT2D eigenvalue weighted by Gasteiger charge is 2.12. The number of fused-ring (bicyclic) bond motifs is 3. The Bertz CT molecular complexity index is 1250. The van der Waals surface area contributed by atoms with Crippen LogP contribution in [0.5, 0.6) is 0 Å². The number of benzene rings is 2. The van der Waals surface area contributed by atoms with Crippen molar-refractivity contribution < 1.29 is 4.42 Å². The van der Waals surface area contributed by atoms with Crippen molar-refractivity contribution in [3.63, 3.8) is 0 Å². The summed E-state index contributed by atoms with van der Waals surface area (Å²) >= 11 is 0. The van der Waals surface area contributed by atoms with E-state index < -0.39 is 0 Å². The molecule has 0 aliphatic carbocycles. The zero-order chi connectivity index (χ0) is 21.1. The SMILES string of the molecule is C=C1/C=C\C=C/N(NC)/C=C\C(c2ccc3oc4cccc(CN)c4c3c2)=C/C1=C. The molecule has 0 atom stereocenters. The molecule has 1 aromatic heterocycles. The Hall–Kier alpha value is -3.60. The number of nitrogens with one attached hydrogen (secondary N) is 1. The smallest absolute Gasteiger partial charge is 0.135 e. The summed E-state index contributed by atoms with van der Waals surface area (Å²) in [5, 5.41) is 4.01. The van der Waals surface area contributed by atoms with E-state index >= 15 is 0 Å². The molecule has 4 rings (SSSR count). The van der Waals surface area contributed by atoms with Gasteiger partial charge in [-0.2, -0.15) is 0 Å². The first kappa shape index (κ1) is 19.7. The molecule has 0 radical (unpaired) electrons. The summed E-state index contributed by atoms with van der Waals surface area (Å²) in [5.41, 5.74) is 15.7. The second-order valence-corrected chi connectivity index (χ2v) is 7.10. The van der Waals surface area contributed by atoms with E-state index in [0.717, 1.165) is 49.8 Å². The lowest BCUT2D eigenvalue weighted by atomic mass is 9.97. The first-order valence-corrected chi connectivity index (χ1v) is 9.84. The Morgan fingerprint density at radius 2 is 1.87 bits per heavy atom. The Morgan fingerprint density at radius 1 is 1.00 bits per heavy atom. The Kier molecular flexibility index (Phi) is 5.53. The van der Waals surface area contributed by atoms with Crippen LogP contribution in [0.4, 0.5) is 0 Å². The van der Waals surface area contributed by atoms with Gasteiger partial charge in [-0.1, -0.05) is 43.5 Å². The van der Waals surface area contributed by atoms with E-state index in [-0.39, 0.29) is 0 Å². The van der Waals surface area contributed by atoms with E-state index in [1.165, 1.54) is 0 Å². The van der Waals surface area contributed by atoms with Gasteiger partial charge >= 0.3 is 0 Å². The quantitative estimate of drug-likeness (QED) is 0.608. The zero-order valence-corrected chi connectivity index (χ0v) is 17.1. The molecule has 0 unspecified atom stereocenters. The van der Waals surface area contributed by atoms with Gasteiger partial charge in [0.25, 0.3) is 0 Å². The van der Waals surface area contributed by atoms with Gasteiger partial charge in [0.2, 0.25) is 0 Å². The van der Waals surface area contributed by atoms with Crippen molar-refractivity contribution in [2.45, 2.75) is 6.54 Å². The summed E-state index contributed by atoms with van der Waals surface area (Å²) in [6, 6.07) is 12.2. The van der Waals surface area contributed by atoms with E-state index in [4.69, 9.17) is 10.2 Å². The highest BCUT2D eigenvalue weighted by Crippen LogP contribution is 2.34. The fraction of sp³-hybridized carbons (Fsp3) is 0.0769. The van der Waals surface area contributed by atoms with E-state index in [9.17, 15) is 0 Å². The van der Waals surface area contributed by atoms with Crippen molar-refractivity contribution in [2.24, 2.45) is 5.73 Å². The summed E-state index contributed by atoms with van der Waals surface area (Å²) in [7, 11) is 1.87. The minimum atomic E-state index is 0.464. The lowest BCUT2D eigenvalue weighted by molar-refractivity contribution is 0.409. The van der Waals surface area contributed by atoms with Gasteiger partial charge in [0, 0.05) is 36.8 Å². The zero-order valence-electron chi connectivity index (χ0n) is 17.1. The van der Waals surface area contributed by atoms with Crippen LogP contribution in [-0.4, -0.2) is 12.1 Å². The molecule has 0 saturated heterocycles. The molecule has 1 aliphatic heterocycles. The molecule has 0 fully saturated rings. The second-order valence-electron chi connectivity index (χ2n) is 7.10. The maximum absolute atomic E-state index is 6.05. The molecule has 0 amide bonds. The van der Waals surface area contributed by atoms with Crippen LogP contribution in [0.15, 0.2) is 108 Å². The molecule has 2 aromatic carbocycles. The van der Waals surface area contributed by atoms with Gasteiger partial charge in [-0.05, 0) is 64.3 Å². The monoisotopic (exact) mass is 395 g/mol. The lowest BCUT2D eigenvalue weighted by Crippen LogP contribution is -2.23. The summed E-state index contributed by atoms with van der Waals surface area (Å²) in [6.45, 7) is 8.78. The Morgan fingerprint density at radius 3 is 2.67 bits per heavy atom. The molecule has 3 aromatic rings. The van der Waals surface area contributed by atoms with Crippen molar-refractivity contribution in [1.29, 1.82) is 0 Å². The van der Waals surface area contributed by atoms with Crippen molar-refractivity contribution in [2.75, 3.05) is 7.05 Å². The van der Waals surface area contributed by atoms with E-state index in [2.05, 4.69) is 42.9 Å². The van der Waals surface area contributed by atoms with Crippen molar-refractivity contribution in [3.05, 3.63) is 115 Å². The third-order valence-electron chi connectivity index (χ3n) is 5.20. The highest BCUT2D eigenvalue weighted by atomic mass is 16.3. The van der Waals surface area contributed by atoms with Gasteiger partial charge in [-0.25, -0.2) is 5.43 Å². The van der Waals surface area contributed by atoms with Crippen molar-refractivity contribution in [1.82, 2.24) is 10.4 Å². The van der Waals surface area contributed by atoms with Crippen molar-refractivity contribution in [3.8, 4) is 0 Å². The van der Waals surface area contributed by atoms with Gasteiger partial charge in [-0.3, -0.25) is 5.01 Å². The number of hydrazine groups is 1. The summed E-state index contributed by atoms with van der Waals surface area (Å²) in [6.07, 6.45) is 13.9. The molecule has 3 N–H and O–H groups in total. The molecule has 150 valence electrons. The maximum atomic E-state index is 6.05. The minimum absolute atomic E-state index is 0.464. The van der Waals surface area contributed by atoms with Crippen LogP contribution in [-0.2, 0) is 6.54 Å². The number of hydrogen-bond acceptors (Lipinski definition) is 4. The average Bonchev–Trinajstić information content (AvgIpc) is 3.13. The normalized spacial score (nSPS) is 20.1. The molecule has 2 heterocycles. The number of nitrogens with two attached hydrogens (primary N) is 1. The van der Waals surface area contributed by atoms with Crippen molar-refractivity contribution >= 4 is 27.5 Å². The molecule has 4 heteroatoms. The van der Waals surface area contributed by atoms with Gasteiger partial charge < -0.3 is 10.2 Å². The fourth-order valence-corrected chi connectivity index (χ4v) is 3.54. The molecule has 0 bridgehead atoms. The van der Waals surface area contributed by atoms with E-state index in [0.29, 0.717) is 6.54 Å². The van der Waals surface area contributed by atoms with Crippen LogP contribution in [0.25, 0.3) is 27.5 Å². The Labute approximate surface area is 176 Å². The van der Waals surface area contributed by atoms with Crippen LogP contribution >= 0.6 is 0 Å². The third-order valence-corrected chi connectivity index (χ3v) is 5.20.